The highest BCUT2D eigenvalue weighted by Crippen LogP contribution is 2.28. The summed E-state index contributed by atoms with van der Waals surface area (Å²) in [6, 6.07) is 10.7. The van der Waals surface area contributed by atoms with Crippen LogP contribution in [0, 0.1) is 11.6 Å². The van der Waals surface area contributed by atoms with Crippen molar-refractivity contribution in [2.24, 2.45) is 5.73 Å². The molecule has 0 amide bonds. The quantitative estimate of drug-likeness (QED) is 0.912. The van der Waals surface area contributed by atoms with Crippen molar-refractivity contribution in [3.63, 3.8) is 0 Å². The lowest BCUT2D eigenvalue weighted by atomic mass is 10.1. The van der Waals surface area contributed by atoms with Crippen molar-refractivity contribution in [3.8, 4) is 0 Å². The van der Waals surface area contributed by atoms with Crippen molar-refractivity contribution in [1.82, 2.24) is 0 Å². The van der Waals surface area contributed by atoms with E-state index in [2.05, 4.69) is 0 Å². The van der Waals surface area contributed by atoms with Gasteiger partial charge < -0.3 is 10.6 Å². The predicted molar refractivity (Wildman–Crippen MR) is 73.5 cm³/mol. The van der Waals surface area contributed by atoms with E-state index in [0.29, 0.717) is 11.4 Å². The number of benzene rings is 2. The summed E-state index contributed by atoms with van der Waals surface area (Å²) in [6.45, 7) is 1.80. The van der Waals surface area contributed by atoms with Crippen molar-refractivity contribution in [3.05, 3.63) is 59.7 Å². The van der Waals surface area contributed by atoms with Gasteiger partial charge in [0.25, 0.3) is 0 Å². The summed E-state index contributed by atoms with van der Waals surface area (Å²) in [6.07, 6.45) is 0. The summed E-state index contributed by atoms with van der Waals surface area (Å²) < 4.78 is 27.2. The Morgan fingerprint density at radius 2 is 1.84 bits per heavy atom. The summed E-state index contributed by atoms with van der Waals surface area (Å²) in [5.74, 6) is -0.724. The first-order valence-corrected chi connectivity index (χ1v) is 6.03. The maximum Gasteiger partial charge on any atom is 0.147 e. The van der Waals surface area contributed by atoms with Gasteiger partial charge in [-0.1, -0.05) is 12.1 Å². The fourth-order valence-corrected chi connectivity index (χ4v) is 1.90. The van der Waals surface area contributed by atoms with E-state index in [-0.39, 0.29) is 17.7 Å². The molecule has 0 radical (unpaired) electrons. The minimum atomic E-state index is -0.374. The number of hydrogen-bond donors (Lipinski definition) is 1. The summed E-state index contributed by atoms with van der Waals surface area (Å²) in [4.78, 5) is 1.60. The summed E-state index contributed by atoms with van der Waals surface area (Å²) in [5, 5.41) is 0. The molecule has 4 heteroatoms. The van der Waals surface area contributed by atoms with Crippen molar-refractivity contribution < 1.29 is 8.78 Å². The lowest BCUT2D eigenvalue weighted by Crippen LogP contribution is -2.12. The first-order chi connectivity index (χ1) is 8.99. The van der Waals surface area contributed by atoms with Crippen LogP contribution in [0.25, 0.3) is 0 Å². The minimum Gasteiger partial charge on any atom is -0.342 e. The second kappa shape index (κ2) is 5.36. The lowest BCUT2D eigenvalue weighted by Gasteiger charge is -2.21. The monoisotopic (exact) mass is 262 g/mol. The first kappa shape index (κ1) is 13.5. The van der Waals surface area contributed by atoms with Gasteiger partial charge in [-0.05, 0) is 42.8 Å². The van der Waals surface area contributed by atoms with Gasteiger partial charge in [0.05, 0.1) is 5.69 Å². The molecule has 0 aliphatic carbocycles. The fraction of sp³-hybridized carbons (Fsp3) is 0.200. The molecule has 2 aromatic rings. The molecule has 2 rings (SSSR count). The van der Waals surface area contributed by atoms with Gasteiger partial charge in [-0.25, -0.2) is 8.78 Å². The molecular weight excluding hydrogens is 246 g/mol. The molecule has 19 heavy (non-hydrogen) atoms. The fourth-order valence-electron chi connectivity index (χ4n) is 1.90. The van der Waals surface area contributed by atoms with Crippen LogP contribution in [0.3, 0.4) is 0 Å². The molecule has 0 fully saturated rings. The SMILES string of the molecule is C[C@@H](N)c1ccc(N(C)c2cccc(F)c2)c(F)c1. The molecule has 100 valence electrons. The van der Waals surface area contributed by atoms with Gasteiger partial charge in [0.2, 0.25) is 0 Å². The van der Waals surface area contributed by atoms with Crippen molar-refractivity contribution >= 4 is 11.4 Å². The Bertz CT molecular complexity index is 582. The Hall–Kier alpha value is -1.94. The van der Waals surface area contributed by atoms with Crippen LogP contribution in [0.15, 0.2) is 42.5 Å². The average molecular weight is 262 g/mol. The normalized spacial score (nSPS) is 12.3. The van der Waals surface area contributed by atoms with Crippen LogP contribution in [-0.2, 0) is 0 Å². The predicted octanol–water partition coefficient (Wildman–Crippen LogP) is 3.75. The zero-order valence-electron chi connectivity index (χ0n) is 10.9. The standard InChI is InChI=1S/C15H16F2N2/c1-10(18)11-6-7-15(14(17)8-11)19(2)13-5-3-4-12(16)9-13/h3-10H,18H2,1-2H3/t10-/m1/s1. The largest absolute Gasteiger partial charge is 0.342 e. The molecule has 0 aromatic heterocycles. The first-order valence-electron chi connectivity index (χ1n) is 6.03. The average Bonchev–Trinajstić information content (AvgIpc) is 2.37. The van der Waals surface area contributed by atoms with Gasteiger partial charge in [-0.2, -0.15) is 0 Å². The van der Waals surface area contributed by atoms with Crippen molar-refractivity contribution in [1.29, 1.82) is 0 Å². The van der Waals surface area contributed by atoms with Crippen molar-refractivity contribution in [2.45, 2.75) is 13.0 Å². The third-order valence-electron chi connectivity index (χ3n) is 3.05. The molecule has 0 saturated carbocycles. The number of rotatable bonds is 3. The Kier molecular flexibility index (Phi) is 3.81. The van der Waals surface area contributed by atoms with Gasteiger partial charge in [0.15, 0.2) is 0 Å². The number of anilines is 2. The number of nitrogens with two attached hydrogens (primary N) is 1. The zero-order valence-corrected chi connectivity index (χ0v) is 10.9. The van der Waals surface area contributed by atoms with Gasteiger partial charge in [0, 0.05) is 18.8 Å². The topological polar surface area (TPSA) is 29.3 Å². The summed E-state index contributed by atoms with van der Waals surface area (Å²) >= 11 is 0. The molecule has 0 aliphatic rings. The van der Waals surface area contributed by atoms with E-state index in [9.17, 15) is 8.78 Å². The van der Waals surface area contributed by atoms with Gasteiger partial charge in [0.1, 0.15) is 11.6 Å². The molecule has 2 N–H and O–H groups in total. The number of nitrogens with zero attached hydrogens (tertiary/aromatic N) is 1. The van der Waals surface area contributed by atoms with E-state index in [1.807, 2.05) is 0 Å². The third kappa shape index (κ3) is 2.90. The van der Waals surface area contributed by atoms with Crippen LogP contribution in [0.2, 0.25) is 0 Å². The molecule has 0 bridgehead atoms. The molecule has 1 atom stereocenters. The van der Waals surface area contributed by atoms with E-state index in [4.69, 9.17) is 5.73 Å². The second-order valence-electron chi connectivity index (χ2n) is 4.54. The zero-order chi connectivity index (χ0) is 14.0. The molecule has 0 heterocycles. The Morgan fingerprint density at radius 1 is 1.11 bits per heavy atom. The highest BCUT2D eigenvalue weighted by molar-refractivity contribution is 5.63. The second-order valence-corrected chi connectivity index (χ2v) is 4.54. The van der Waals surface area contributed by atoms with Crippen LogP contribution >= 0.6 is 0 Å². The maximum atomic E-state index is 14.1. The van der Waals surface area contributed by atoms with E-state index >= 15 is 0 Å². The number of hydrogen-bond acceptors (Lipinski definition) is 2. The lowest BCUT2D eigenvalue weighted by molar-refractivity contribution is 0.620. The Balaban J connectivity index is 2.36. The summed E-state index contributed by atoms with van der Waals surface area (Å²) in [7, 11) is 1.69. The van der Waals surface area contributed by atoms with Gasteiger partial charge >= 0.3 is 0 Å². The number of halogens is 2. The Labute approximate surface area is 111 Å². The van der Waals surface area contributed by atoms with Crippen LogP contribution < -0.4 is 10.6 Å². The molecule has 0 saturated heterocycles. The highest BCUT2D eigenvalue weighted by Gasteiger charge is 2.11. The summed E-state index contributed by atoms with van der Waals surface area (Å²) in [5.41, 5.74) is 7.41. The molecule has 0 unspecified atom stereocenters. The van der Waals surface area contributed by atoms with Crippen LogP contribution in [-0.4, -0.2) is 7.05 Å². The smallest absolute Gasteiger partial charge is 0.147 e. The van der Waals surface area contributed by atoms with E-state index in [1.54, 1.807) is 43.1 Å². The van der Waals surface area contributed by atoms with Gasteiger partial charge in [-0.3, -0.25) is 0 Å². The Morgan fingerprint density at radius 3 is 2.42 bits per heavy atom. The van der Waals surface area contributed by atoms with Crippen LogP contribution in [0.5, 0.6) is 0 Å². The molecule has 2 nitrogen and oxygen atoms in total. The van der Waals surface area contributed by atoms with E-state index in [1.165, 1.54) is 18.2 Å². The van der Waals surface area contributed by atoms with E-state index < -0.39 is 0 Å². The highest BCUT2D eigenvalue weighted by atomic mass is 19.1. The molecule has 0 spiro atoms. The maximum absolute atomic E-state index is 14.1. The third-order valence-corrected chi connectivity index (χ3v) is 3.05. The molecule has 0 aliphatic heterocycles. The van der Waals surface area contributed by atoms with Crippen molar-refractivity contribution in [2.75, 3.05) is 11.9 Å². The molecule has 2 aromatic carbocycles. The van der Waals surface area contributed by atoms with E-state index in [0.717, 1.165) is 5.56 Å². The molecular formula is C15H16F2N2. The minimum absolute atomic E-state index is 0.219. The van der Waals surface area contributed by atoms with Crippen LogP contribution in [0.1, 0.15) is 18.5 Å². The van der Waals surface area contributed by atoms with Gasteiger partial charge in [-0.15, -0.1) is 0 Å². The van der Waals surface area contributed by atoms with Crippen LogP contribution in [0.4, 0.5) is 20.2 Å².